The second-order valence-corrected chi connectivity index (χ2v) is 6.10. The number of rotatable bonds is 11. The minimum absolute atomic E-state index is 0.413. The summed E-state index contributed by atoms with van der Waals surface area (Å²) in [6.07, 6.45) is 1.08. The first-order valence-corrected chi connectivity index (χ1v) is 9.10. The van der Waals surface area contributed by atoms with Gasteiger partial charge in [-0.25, -0.2) is 0 Å². The Morgan fingerprint density at radius 1 is 0.960 bits per heavy atom. The predicted octanol–water partition coefficient (Wildman–Crippen LogP) is 4.02. The number of hydrogen-bond donors (Lipinski definition) is 2. The second kappa shape index (κ2) is 11.0. The summed E-state index contributed by atoms with van der Waals surface area (Å²) in [5, 5.41) is 7.32. The van der Waals surface area contributed by atoms with Crippen molar-refractivity contribution in [3.05, 3.63) is 58.6 Å². The molecule has 25 heavy (non-hydrogen) atoms. The number of benzene rings is 2. The third-order valence-corrected chi connectivity index (χ3v) is 4.15. The molecule has 0 aliphatic carbocycles. The molecule has 2 aromatic carbocycles. The first kappa shape index (κ1) is 19.6. The van der Waals surface area contributed by atoms with Crippen molar-refractivity contribution in [2.24, 2.45) is 0 Å². The number of halogens is 1. The minimum Gasteiger partial charge on any atom is -0.490 e. The van der Waals surface area contributed by atoms with Crippen LogP contribution in [0.15, 0.2) is 42.5 Å². The van der Waals surface area contributed by atoms with Gasteiger partial charge in [-0.05, 0) is 45.6 Å². The van der Waals surface area contributed by atoms with Crippen molar-refractivity contribution in [3.63, 3.8) is 0 Å². The fourth-order valence-corrected chi connectivity index (χ4v) is 2.70. The molecule has 2 rings (SSSR count). The molecular formula is C20H27ClN2O2. The topological polar surface area (TPSA) is 42.5 Å². The van der Waals surface area contributed by atoms with Crippen molar-refractivity contribution in [2.75, 3.05) is 26.7 Å². The van der Waals surface area contributed by atoms with E-state index >= 15 is 0 Å². The monoisotopic (exact) mass is 362 g/mol. The van der Waals surface area contributed by atoms with E-state index in [2.05, 4.69) is 16.7 Å². The fraction of sp³-hybridized carbons (Fsp3) is 0.400. The maximum Gasteiger partial charge on any atom is 0.166 e. The molecule has 0 aliphatic rings. The predicted molar refractivity (Wildman–Crippen MR) is 104 cm³/mol. The Bertz CT molecular complexity index is 649. The molecule has 0 atom stereocenters. The molecule has 4 nitrogen and oxygen atoms in total. The summed E-state index contributed by atoms with van der Waals surface area (Å²) in [5.74, 6) is 1.55. The Morgan fingerprint density at radius 3 is 2.52 bits per heavy atom. The van der Waals surface area contributed by atoms with E-state index in [0.717, 1.165) is 48.7 Å². The molecule has 0 bridgehead atoms. The van der Waals surface area contributed by atoms with Crippen LogP contribution < -0.4 is 20.1 Å². The summed E-state index contributed by atoms with van der Waals surface area (Å²) in [7, 11) is 1.96. The van der Waals surface area contributed by atoms with Gasteiger partial charge < -0.3 is 20.1 Å². The van der Waals surface area contributed by atoms with Crippen molar-refractivity contribution >= 4 is 11.6 Å². The first-order valence-electron chi connectivity index (χ1n) is 8.72. The van der Waals surface area contributed by atoms with E-state index in [1.807, 2.05) is 50.4 Å². The smallest absolute Gasteiger partial charge is 0.166 e. The second-order valence-electron chi connectivity index (χ2n) is 5.69. The fourth-order valence-electron chi connectivity index (χ4n) is 2.51. The van der Waals surface area contributed by atoms with Gasteiger partial charge in [0.05, 0.1) is 6.61 Å². The Hall–Kier alpha value is -1.75. The van der Waals surface area contributed by atoms with Crippen LogP contribution in [0.4, 0.5) is 0 Å². The molecule has 2 N–H and O–H groups in total. The van der Waals surface area contributed by atoms with Gasteiger partial charge in [0.25, 0.3) is 0 Å². The average molecular weight is 363 g/mol. The summed E-state index contributed by atoms with van der Waals surface area (Å²) >= 11 is 6.23. The van der Waals surface area contributed by atoms with Crippen LogP contribution in [-0.4, -0.2) is 26.7 Å². The van der Waals surface area contributed by atoms with Gasteiger partial charge in [0.15, 0.2) is 11.5 Å². The molecule has 0 aromatic heterocycles. The van der Waals surface area contributed by atoms with Crippen LogP contribution in [0.3, 0.4) is 0 Å². The third-order valence-electron chi connectivity index (χ3n) is 3.79. The van der Waals surface area contributed by atoms with Crippen LogP contribution in [0.25, 0.3) is 0 Å². The summed E-state index contributed by atoms with van der Waals surface area (Å²) in [5.41, 5.74) is 2.05. The van der Waals surface area contributed by atoms with E-state index in [-0.39, 0.29) is 0 Å². The maximum atomic E-state index is 6.23. The Balaban J connectivity index is 2.08. The molecule has 0 radical (unpaired) electrons. The molecule has 0 unspecified atom stereocenters. The number of hydrogen-bond acceptors (Lipinski definition) is 4. The van der Waals surface area contributed by atoms with Crippen molar-refractivity contribution < 1.29 is 9.47 Å². The van der Waals surface area contributed by atoms with E-state index < -0.39 is 0 Å². The highest BCUT2D eigenvalue weighted by atomic mass is 35.5. The lowest BCUT2D eigenvalue weighted by molar-refractivity contribution is 0.266. The normalized spacial score (nSPS) is 10.7. The van der Waals surface area contributed by atoms with Crippen LogP contribution in [0.1, 0.15) is 24.5 Å². The first-order chi connectivity index (χ1) is 12.3. The van der Waals surface area contributed by atoms with E-state index in [1.54, 1.807) is 0 Å². The van der Waals surface area contributed by atoms with Crippen molar-refractivity contribution in [1.29, 1.82) is 0 Å². The van der Waals surface area contributed by atoms with Crippen LogP contribution in [0.5, 0.6) is 11.5 Å². The van der Waals surface area contributed by atoms with Gasteiger partial charge in [0.1, 0.15) is 6.61 Å². The Morgan fingerprint density at radius 2 is 1.76 bits per heavy atom. The molecule has 0 heterocycles. The van der Waals surface area contributed by atoms with Gasteiger partial charge in [0, 0.05) is 22.7 Å². The molecule has 0 amide bonds. The van der Waals surface area contributed by atoms with Crippen molar-refractivity contribution in [2.45, 2.75) is 26.5 Å². The molecule has 0 saturated heterocycles. The summed E-state index contributed by atoms with van der Waals surface area (Å²) < 4.78 is 11.8. The summed E-state index contributed by atoms with van der Waals surface area (Å²) in [4.78, 5) is 0. The average Bonchev–Trinajstić information content (AvgIpc) is 2.62. The summed E-state index contributed by atoms with van der Waals surface area (Å²) in [6.45, 7) is 5.67. The number of nitrogens with one attached hydrogen (secondary N) is 2. The third kappa shape index (κ3) is 6.24. The highest BCUT2D eigenvalue weighted by Crippen LogP contribution is 2.32. The van der Waals surface area contributed by atoms with Gasteiger partial charge in [-0.15, -0.1) is 0 Å². The SMILES string of the molecule is CCOc1cccc(CNCCCNC)c1OCc1ccccc1Cl. The van der Waals surface area contributed by atoms with E-state index in [4.69, 9.17) is 21.1 Å². The molecule has 0 aliphatic heterocycles. The van der Waals surface area contributed by atoms with Gasteiger partial charge in [-0.2, -0.15) is 0 Å². The summed E-state index contributed by atoms with van der Waals surface area (Å²) in [6, 6.07) is 13.7. The van der Waals surface area contributed by atoms with Gasteiger partial charge in [-0.1, -0.05) is 41.9 Å². The zero-order valence-electron chi connectivity index (χ0n) is 15.0. The van der Waals surface area contributed by atoms with Gasteiger partial charge in [0.2, 0.25) is 0 Å². The van der Waals surface area contributed by atoms with Crippen LogP contribution in [-0.2, 0) is 13.2 Å². The van der Waals surface area contributed by atoms with Crippen molar-refractivity contribution in [3.8, 4) is 11.5 Å². The van der Waals surface area contributed by atoms with Crippen LogP contribution >= 0.6 is 11.6 Å². The Kier molecular flexibility index (Phi) is 8.60. The quantitative estimate of drug-likeness (QED) is 0.592. The minimum atomic E-state index is 0.413. The van der Waals surface area contributed by atoms with E-state index in [9.17, 15) is 0 Å². The zero-order chi connectivity index (χ0) is 17.9. The maximum absolute atomic E-state index is 6.23. The molecular weight excluding hydrogens is 336 g/mol. The van der Waals surface area contributed by atoms with E-state index in [0.29, 0.717) is 18.2 Å². The standard InChI is InChI=1S/C20H27ClN2O2/c1-3-24-19-11-6-9-16(14-23-13-7-12-22-2)20(19)25-15-17-8-4-5-10-18(17)21/h4-6,8-11,22-23H,3,7,12-15H2,1-2H3. The van der Waals surface area contributed by atoms with Crippen molar-refractivity contribution in [1.82, 2.24) is 10.6 Å². The largest absolute Gasteiger partial charge is 0.490 e. The lowest BCUT2D eigenvalue weighted by atomic mass is 10.1. The zero-order valence-corrected chi connectivity index (χ0v) is 15.7. The van der Waals surface area contributed by atoms with E-state index in [1.165, 1.54) is 0 Å². The number of para-hydroxylation sites is 1. The number of ether oxygens (including phenoxy) is 2. The molecule has 0 fully saturated rings. The van der Waals surface area contributed by atoms with Gasteiger partial charge in [-0.3, -0.25) is 0 Å². The van der Waals surface area contributed by atoms with Gasteiger partial charge >= 0.3 is 0 Å². The highest BCUT2D eigenvalue weighted by molar-refractivity contribution is 6.31. The molecule has 0 spiro atoms. The highest BCUT2D eigenvalue weighted by Gasteiger charge is 2.12. The lowest BCUT2D eigenvalue weighted by Crippen LogP contribution is -2.20. The molecule has 2 aromatic rings. The molecule has 0 saturated carbocycles. The Labute approximate surface area is 155 Å². The van der Waals surface area contributed by atoms with Crippen LogP contribution in [0, 0.1) is 0 Å². The lowest BCUT2D eigenvalue weighted by Gasteiger charge is -2.17. The molecule has 5 heteroatoms. The van der Waals surface area contributed by atoms with Crippen LogP contribution in [0.2, 0.25) is 5.02 Å². The molecule has 136 valence electrons.